The number of carbonyl (C=O) groups is 2. The zero-order chi connectivity index (χ0) is 13.7. The van der Waals surface area contributed by atoms with Crippen molar-refractivity contribution in [2.75, 3.05) is 6.61 Å². The molecule has 1 amide bonds. The van der Waals surface area contributed by atoms with Crippen molar-refractivity contribution >= 4 is 50.4 Å². The van der Waals surface area contributed by atoms with Gasteiger partial charge in [0.15, 0.2) is 0 Å². The number of rotatable bonds is 5. The second-order valence-corrected chi connectivity index (χ2v) is 5.60. The molecule has 0 spiro atoms. The summed E-state index contributed by atoms with van der Waals surface area (Å²) in [4.78, 5) is 22.8. The van der Waals surface area contributed by atoms with Gasteiger partial charge in [-0.05, 0) is 56.7 Å². The highest BCUT2D eigenvalue weighted by Crippen LogP contribution is 2.19. The molecule has 0 radical (unpaired) electrons. The van der Waals surface area contributed by atoms with E-state index in [2.05, 4.69) is 43.8 Å². The Labute approximate surface area is 126 Å². The van der Waals surface area contributed by atoms with Crippen molar-refractivity contribution in [2.45, 2.75) is 12.5 Å². The number of carbonyl (C=O) groups excluding carboxylic acids is 1. The van der Waals surface area contributed by atoms with Gasteiger partial charge in [0.05, 0.1) is 5.56 Å². The maximum Gasteiger partial charge on any atom is 0.326 e. The maximum atomic E-state index is 11.9. The Morgan fingerprint density at radius 2 is 2.11 bits per heavy atom. The normalized spacial score (nSPS) is 11.9. The summed E-state index contributed by atoms with van der Waals surface area (Å²) in [7, 11) is 0. The van der Waals surface area contributed by atoms with E-state index in [0.717, 1.165) is 3.57 Å². The Balaban J connectivity index is 2.86. The molecule has 18 heavy (non-hydrogen) atoms. The molecule has 0 aliphatic carbocycles. The molecule has 1 unspecified atom stereocenters. The van der Waals surface area contributed by atoms with Crippen molar-refractivity contribution in [2.24, 2.45) is 0 Å². The minimum Gasteiger partial charge on any atom is -0.480 e. The van der Waals surface area contributed by atoms with Crippen molar-refractivity contribution in [3.05, 3.63) is 31.8 Å². The molecule has 0 bridgehead atoms. The van der Waals surface area contributed by atoms with Gasteiger partial charge in [0.25, 0.3) is 5.91 Å². The zero-order valence-electron chi connectivity index (χ0n) is 9.19. The molecular formula is C11H11BrINO4. The van der Waals surface area contributed by atoms with Gasteiger partial charge in [-0.3, -0.25) is 4.79 Å². The molecule has 98 valence electrons. The topological polar surface area (TPSA) is 86.6 Å². The molecule has 0 saturated heterocycles. The summed E-state index contributed by atoms with van der Waals surface area (Å²) in [5.41, 5.74) is 0.367. The molecule has 0 aliphatic rings. The number of aliphatic hydroxyl groups is 1. The highest BCUT2D eigenvalue weighted by molar-refractivity contribution is 14.1. The quantitative estimate of drug-likeness (QED) is 0.623. The standard InChI is InChI=1S/C11H11BrINO4/c12-8-2-1-6(13)5-7(8)10(16)14-9(3-4-15)11(17)18/h1-2,5,9,15H,3-4H2,(H,14,16)(H,17,18). The van der Waals surface area contributed by atoms with Gasteiger partial charge in [0, 0.05) is 21.1 Å². The molecular weight excluding hydrogens is 417 g/mol. The molecule has 1 aromatic rings. The van der Waals surface area contributed by atoms with Crippen LogP contribution in [0.1, 0.15) is 16.8 Å². The molecule has 1 rings (SSSR count). The van der Waals surface area contributed by atoms with Gasteiger partial charge < -0.3 is 15.5 Å². The van der Waals surface area contributed by atoms with Crippen molar-refractivity contribution in [3.8, 4) is 0 Å². The maximum absolute atomic E-state index is 11.9. The van der Waals surface area contributed by atoms with E-state index in [9.17, 15) is 9.59 Å². The van der Waals surface area contributed by atoms with Crippen LogP contribution in [0.5, 0.6) is 0 Å². The Hall–Kier alpha value is -0.670. The van der Waals surface area contributed by atoms with Crippen LogP contribution >= 0.6 is 38.5 Å². The van der Waals surface area contributed by atoms with Crippen LogP contribution in [-0.2, 0) is 4.79 Å². The fraction of sp³-hybridized carbons (Fsp3) is 0.273. The second kappa shape index (κ2) is 7.05. The van der Waals surface area contributed by atoms with E-state index in [-0.39, 0.29) is 13.0 Å². The Morgan fingerprint density at radius 1 is 1.44 bits per heavy atom. The van der Waals surface area contributed by atoms with E-state index in [1.54, 1.807) is 12.1 Å². The number of nitrogens with one attached hydrogen (secondary N) is 1. The van der Waals surface area contributed by atoms with Crippen LogP contribution < -0.4 is 5.32 Å². The summed E-state index contributed by atoms with van der Waals surface area (Å²) in [5, 5.41) is 20.0. The molecule has 0 aliphatic heterocycles. The minimum absolute atomic E-state index is 0.0252. The highest BCUT2D eigenvalue weighted by Gasteiger charge is 2.21. The highest BCUT2D eigenvalue weighted by atomic mass is 127. The van der Waals surface area contributed by atoms with E-state index in [1.165, 1.54) is 0 Å². The number of aliphatic carboxylic acids is 1. The van der Waals surface area contributed by atoms with Gasteiger partial charge in [-0.2, -0.15) is 0 Å². The fourth-order valence-electron chi connectivity index (χ4n) is 1.29. The summed E-state index contributed by atoms with van der Waals surface area (Å²) >= 11 is 5.30. The average Bonchev–Trinajstić information content (AvgIpc) is 2.31. The lowest BCUT2D eigenvalue weighted by atomic mass is 10.1. The van der Waals surface area contributed by atoms with Crippen LogP contribution in [-0.4, -0.2) is 34.7 Å². The molecule has 3 N–H and O–H groups in total. The molecule has 0 heterocycles. The number of hydrogen-bond acceptors (Lipinski definition) is 3. The fourth-order valence-corrected chi connectivity index (χ4v) is 2.21. The first-order chi connectivity index (χ1) is 8.45. The first kappa shape index (κ1) is 15.4. The van der Waals surface area contributed by atoms with E-state index >= 15 is 0 Å². The van der Waals surface area contributed by atoms with Gasteiger partial charge in [0.1, 0.15) is 6.04 Å². The molecule has 0 fully saturated rings. The molecule has 1 aromatic carbocycles. The zero-order valence-corrected chi connectivity index (χ0v) is 12.9. The smallest absolute Gasteiger partial charge is 0.326 e. The van der Waals surface area contributed by atoms with E-state index in [4.69, 9.17) is 10.2 Å². The predicted molar refractivity (Wildman–Crippen MR) is 77.5 cm³/mol. The van der Waals surface area contributed by atoms with Crippen LogP contribution in [0.2, 0.25) is 0 Å². The van der Waals surface area contributed by atoms with Crippen LogP contribution in [0, 0.1) is 3.57 Å². The third-order valence-corrected chi connectivity index (χ3v) is 3.56. The molecule has 5 nitrogen and oxygen atoms in total. The van der Waals surface area contributed by atoms with Crippen molar-refractivity contribution < 1.29 is 19.8 Å². The van der Waals surface area contributed by atoms with Gasteiger partial charge in [0.2, 0.25) is 0 Å². The number of carboxylic acid groups (broad SMARTS) is 1. The number of hydrogen-bond donors (Lipinski definition) is 3. The third kappa shape index (κ3) is 4.21. The van der Waals surface area contributed by atoms with Gasteiger partial charge in [-0.25, -0.2) is 4.79 Å². The number of aliphatic hydroxyl groups excluding tert-OH is 1. The molecule has 1 atom stereocenters. The average molecular weight is 428 g/mol. The lowest BCUT2D eigenvalue weighted by Gasteiger charge is -2.14. The Bertz CT molecular complexity index is 466. The third-order valence-electron chi connectivity index (χ3n) is 2.19. The van der Waals surface area contributed by atoms with Crippen molar-refractivity contribution in [3.63, 3.8) is 0 Å². The van der Waals surface area contributed by atoms with Gasteiger partial charge in [-0.15, -0.1) is 0 Å². The second-order valence-electron chi connectivity index (χ2n) is 3.50. The lowest BCUT2D eigenvalue weighted by Crippen LogP contribution is -2.41. The van der Waals surface area contributed by atoms with E-state index < -0.39 is 17.9 Å². The summed E-state index contributed by atoms with van der Waals surface area (Å²) in [6.45, 7) is -0.301. The number of halogens is 2. The number of amides is 1. The molecule has 0 aromatic heterocycles. The Kier molecular flexibility index (Phi) is 6.03. The monoisotopic (exact) mass is 427 g/mol. The first-order valence-electron chi connectivity index (χ1n) is 5.05. The Morgan fingerprint density at radius 3 is 2.67 bits per heavy atom. The molecule has 7 heteroatoms. The van der Waals surface area contributed by atoms with Crippen molar-refractivity contribution in [1.29, 1.82) is 0 Å². The number of carboxylic acids is 1. The summed E-state index contributed by atoms with van der Waals surface area (Å²) < 4.78 is 1.46. The summed E-state index contributed by atoms with van der Waals surface area (Å²) in [6.07, 6.45) is -0.0252. The van der Waals surface area contributed by atoms with Crippen LogP contribution in [0.3, 0.4) is 0 Å². The van der Waals surface area contributed by atoms with E-state index in [1.807, 2.05) is 6.07 Å². The van der Waals surface area contributed by atoms with E-state index in [0.29, 0.717) is 10.0 Å². The van der Waals surface area contributed by atoms with Gasteiger partial charge >= 0.3 is 5.97 Å². The minimum atomic E-state index is -1.17. The first-order valence-corrected chi connectivity index (χ1v) is 6.92. The van der Waals surface area contributed by atoms with Crippen LogP contribution in [0.15, 0.2) is 22.7 Å². The van der Waals surface area contributed by atoms with Crippen molar-refractivity contribution in [1.82, 2.24) is 5.32 Å². The van der Waals surface area contributed by atoms with Crippen LogP contribution in [0.25, 0.3) is 0 Å². The SMILES string of the molecule is O=C(NC(CCO)C(=O)O)c1cc(I)ccc1Br. The van der Waals surface area contributed by atoms with Gasteiger partial charge in [-0.1, -0.05) is 0 Å². The van der Waals surface area contributed by atoms with Crippen LogP contribution in [0.4, 0.5) is 0 Å². The number of benzene rings is 1. The predicted octanol–water partition coefficient (Wildman–Crippen LogP) is 1.62. The largest absolute Gasteiger partial charge is 0.480 e. The molecule has 0 saturated carbocycles. The lowest BCUT2D eigenvalue weighted by molar-refractivity contribution is -0.139. The summed E-state index contributed by atoms with van der Waals surface area (Å²) in [6, 6.07) is 4.10. The summed E-state index contributed by atoms with van der Waals surface area (Å²) in [5.74, 6) is -1.65.